The molecule has 3 nitrogen and oxygen atoms in total. The van der Waals surface area contributed by atoms with Crippen molar-refractivity contribution in [2.75, 3.05) is 13.2 Å². The molecule has 0 atom stereocenters. The summed E-state index contributed by atoms with van der Waals surface area (Å²) in [6, 6.07) is 7.93. The highest BCUT2D eigenvalue weighted by atomic mass is 16.5. The van der Waals surface area contributed by atoms with Crippen molar-refractivity contribution in [2.45, 2.75) is 44.6 Å². The summed E-state index contributed by atoms with van der Waals surface area (Å²) >= 11 is 0. The number of rotatable bonds is 7. The lowest BCUT2D eigenvalue weighted by Crippen LogP contribution is -2.44. The maximum Gasteiger partial charge on any atom is 0.162 e. The third kappa shape index (κ3) is 2.96. The fourth-order valence-electron chi connectivity index (χ4n) is 2.34. The number of para-hydroxylation sites is 2. The van der Waals surface area contributed by atoms with Crippen LogP contribution in [0.3, 0.4) is 0 Å². The fourth-order valence-corrected chi connectivity index (χ4v) is 2.34. The quantitative estimate of drug-likeness (QED) is 0.807. The molecule has 1 aromatic rings. The summed E-state index contributed by atoms with van der Waals surface area (Å²) in [4.78, 5) is 0. The Morgan fingerprint density at radius 3 is 2.50 bits per heavy atom. The van der Waals surface area contributed by atoms with Crippen LogP contribution in [0.25, 0.3) is 0 Å². The van der Waals surface area contributed by atoms with Crippen LogP contribution in [-0.4, -0.2) is 18.8 Å². The van der Waals surface area contributed by atoms with Gasteiger partial charge >= 0.3 is 0 Å². The van der Waals surface area contributed by atoms with Gasteiger partial charge in [0.1, 0.15) is 5.60 Å². The van der Waals surface area contributed by atoms with Gasteiger partial charge in [0.2, 0.25) is 0 Å². The minimum absolute atomic E-state index is 0.0412. The zero-order valence-electron chi connectivity index (χ0n) is 11.2. The van der Waals surface area contributed by atoms with Crippen LogP contribution in [-0.2, 0) is 0 Å². The van der Waals surface area contributed by atoms with Gasteiger partial charge in [-0.1, -0.05) is 19.1 Å². The van der Waals surface area contributed by atoms with E-state index in [-0.39, 0.29) is 5.60 Å². The van der Waals surface area contributed by atoms with E-state index in [1.807, 2.05) is 24.3 Å². The van der Waals surface area contributed by atoms with Crippen LogP contribution in [0.2, 0.25) is 0 Å². The Morgan fingerprint density at radius 1 is 1.22 bits per heavy atom. The number of hydrogen-bond donors (Lipinski definition) is 1. The molecule has 0 unspecified atom stereocenters. The van der Waals surface area contributed by atoms with Crippen molar-refractivity contribution in [1.29, 1.82) is 0 Å². The third-order valence-corrected chi connectivity index (χ3v) is 3.50. The molecule has 0 spiro atoms. The Hall–Kier alpha value is -1.22. The smallest absolute Gasteiger partial charge is 0.162 e. The van der Waals surface area contributed by atoms with E-state index in [4.69, 9.17) is 15.2 Å². The van der Waals surface area contributed by atoms with Crippen molar-refractivity contribution in [3.05, 3.63) is 24.3 Å². The molecule has 0 saturated heterocycles. The molecule has 2 N–H and O–H groups in total. The van der Waals surface area contributed by atoms with Gasteiger partial charge in [0.15, 0.2) is 11.5 Å². The summed E-state index contributed by atoms with van der Waals surface area (Å²) in [6.45, 7) is 3.51. The molecule has 2 rings (SSSR count). The van der Waals surface area contributed by atoms with Crippen molar-refractivity contribution < 1.29 is 9.47 Å². The van der Waals surface area contributed by atoms with Gasteiger partial charge in [-0.25, -0.2) is 0 Å². The van der Waals surface area contributed by atoms with E-state index in [0.717, 1.165) is 43.8 Å². The topological polar surface area (TPSA) is 44.5 Å². The highest BCUT2D eigenvalue weighted by Crippen LogP contribution is 2.41. The van der Waals surface area contributed by atoms with Gasteiger partial charge < -0.3 is 15.2 Å². The van der Waals surface area contributed by atoms with E-state index in [1.54, 1.807) is 0 Å². The van der Waals surface area contributed by atoms with Crippen molar-refractivity contribution >= 4 is 0 Å². The molecule has 0 aliphatic heterocycles. The molecule has 1 aliphatic carbocycles. The van der Waals surface area contributed by atoms with Crippen molar-refractivity contribution in [1.82, 2.24) is 0 Å². The molecule has 1 aliphatic rings. The Kier molecular flexibility index (Phi) is 4.48. The molecule has 1 fully saturated rings. The highest BCUT2D eigenvalue weighted by Gasteiger charge is 2.39. The number of ether oxygens (including phenoxy) is 2. The van der Waals surface area contributed by atoms with Gasteiger partial charge in [0, 0.05) is 0 Å². The second kappa shape index (κ2) is 6.10. The van der Waals surface area contributed by atoms with Gasteiger partial charge in [-0.2, -0.15) is 0 Å². The molecular weight excluding hydrogens is 226 g/mol. The lowest BCUT2D eigenvalue weighted by molar-refractivity contribution is -0.0147. The Morgan fingerprint density at radius 2 is 1.94 bits per heavy atom. The predicted octanol–water partition coefficient (Wildman–Crippen LogP) is 3.13. The number of hydrogen-bond acceptors (Lipinski definition) is 3. The number of nitrogens with two attached hydrogens (primary N) is 1. The van der Waals surface area contributed by atoms with E-state index in [2.05, 4.69) is 6.92 Å². The first-order chi connectivity index (χ1) is 8.79. The normalized spacial score (nSPS) is 17.0. The summed E-state index contributed by atoms with van der Waals surface area (Å²) in [5.41, 5.74) is 5.64. The number of benzene rings is 1. The average molecular weight is 249 g/mol. The lowest BCUT2D eigenvalue weighted by atomic mass is 9.77. The molecule has 0 radical (unpaired) electrons. The first kappa shape index (κ1) is 13.2. The highest BCUT2D eigenvalue weighted by molar-refractivity contribution is 5.40. The van der Waals surface area contributed by atoms with E-state index in [9.17, 15) is 0 Å². The predicted molar refractivity (Wildman–Crippen MR) is 73.1 cm³/mol. The largest absolute Gasteiger partial charge is 0.490 e. The third-order valence-electron chi connectivity index (χ3n) is 3.50. The van der Waals surface area contributed by atoms with Crippen molar-refractivity contribution in [2.24, 2.45) is 5.73 Å². The van der Waals surface area contributed by atoms with E-state index in [0.29, 0.717) is 6.54 Å². The van der Waals surface area contributed by atoms with Gasteiger partial charge in [0.25, 0.3) is 0 Å². The molecule has 1 saturated carbocycles. The molecule has 0 bridgehead atoms. The molecule has 0 aromatic heterocycles. The van der Waals surface area contributed by atoms with Crippen molar-refractivity contribution in [3.63, 3.8) is 0 Å². The molecule has 100 valence electrons. The lowest BCUT2D eigenvalue weighted by Gasteiger charge is -2.42. The molecule has 3 heteroatoms. The zero-order valence-corrected chi connectivity index (χ0v) is 11.2. The second-order valence-corrected chi connectivity index (χ2v) is 4.97. The maximum absolute atomic E-state index is 6.20. The summed E-state index contributed by atoms with van der Waals surface area (Å²) in [7, 11) is 0. The van der Waals surface area contributed by atoms with Gasteiger partial charge in [-0.3, -0.25) is 0 Å². The van der Waals surface area contributed by atoms with E-state index >= 15 is 0 Å². The van der Waals surface area contributed by atoms with E-state index in [1.165, 1.54) is 6.42 Å². The van der Waals surface area contributed by atoms with Gasteiger partial charge in [-0.05, 0) is 50.8 Å². The molecule has 0 heterocycles. The van der Waals surface area contributed by atoms with Crippen LogP contribution in [0, 0.1) is 0 Å². The van der Waals surface area contributed by atoms with Crippen LogP contribution in [0.15, 0.2) is 24.3 Å². The minimum Gasteiger partial charge on any atom is -0.490 e. The average Bonchev–Trinajstić information content (AvgIpc) is 2.35. The zero-order chi connectivity index (χ0) is 12.8. The summed E-state index contributed by atoms with van der Waals surface area (Å²) in [5.74, 6) is 1.71. The fraction of sp³-hybridized carbons (Fsp3) is 0.600. The van der Waals surface area contributed by atoms with Crippen LogP contribution >= 0.6 is 0 Å². The maximum atomic E-state index is 6.20. The Labute approximate surface area is 109 Å². The van der Waals surface area contributed by atoms with Gasteiger partial charge in [-0.15, -0.1) is 0 Å². The van der Waals surface area contributed by atoms with Crippen molar-refractivity contribution in [3.8, 4) is 11.5 Å². The minimum atomic E-state index is -0.0412. The van der Waals surface area contributed by atoms with Crippen LogP contribution in [0.5, 0.6) is 11.5 Å². The molecular formula is C15H23NO2. The monoisotopic (exact) mass is 249 g/mol. The van der Waals surface area contributed by atoms with E-state index < -0.39 is 0 Å². The molecule has 18 heavy (non-hydrogen) atoms. The summed E-state index contributed by atoms with van der Waals surface area (Å²) in [6.07, 6.45) is 5.37. The first-order valence-electron chi connectivity index (χ1n) is 6.90. The summed E-state index contributed by atoms with van der Waals surface area (Å²) < 4.78 is 11.9. The Balaban J connectivity index is 2.07. The van der Waals surface area contributed by atoms with Crippen LogP contribution in [0.4, 0.5) is 0 Å². The van der Waals surface area contributed by atoms with Gasteiger partial charge in [0.05, 0.1) is 6.61 Å². The van der Waals surface area contributed by atoms with Crippen LogP contribution < -0.4 is 15.2 Å². The molecule has 0 amide bonds. The first-order valence-corrected chi connectivity index (χ1v) is 6.90. The SMILES string of the molecule is CCCOc1ccccc1OC1(CCN)CCC1. The standard InChI is InChI=1S/C15H23NO2/c1-2-12-17-13-6-3-4-7-14(13)18-15(10-11-16)8-5-9-15/h3-4,6-7H,2,5,8-12,16H2,1H3. The molecule has 1 aromatic carbocycles. The van der Waals surface area contributed by atoms with Crippen LogP contribution in [0.1, 0.15) is 39.0 Å². The second-order valence-electron chi connectivity index (χ2n) is 4.97. The summed E-state index contributed by atoms with van der Waals surface area (Å²) in [5, 5.41) is 0. The Bertz CT molecular complexity index is 375.